The SMILES string of the molecule is COCc1ccccc1C(O)C(Cl)Cl. The molecule has 0 fully saturated rings. The van der Waals surface area contributed by atoms with Gasteiger partial charge >= 0.3 is 0 Å². The van der Waals surface area contributed by atoms with Gasteiger partial charge in [-0.2, -0.15) is 0 Å². The van der Waals surface area contributed by atoms with Crippen LogP contribution < -0.4 is 0 Å². The van der Waals surface area contributed by atoms with E-state index < -0.39 is 10.9 Å². The van der Waals surface area contributed by atoms with E-state index in [0.29, 0.717) is 12.2 Å². The molecule has 0 saturated heterocycles. The van der Waals surface area contributed by atoms with Crippen molar-refractivity contribution in [1.82, 2.24) is 0 Å². The molecule has 0 aromatic heterocycles. The first kappa shape index (κ1) is 11.8. The van der Waals surface area contributed by atoms with Gasteiger partial charge in [0.05, 0.1) is 6.61 Å². The summed E-state index contributed by atoms with van der Waals surface area (Å²) in [5, 5.41) is 9.69. The molecule has 0 aliphatic carbocycles. The highest BCUT2D eigenvalue weighted by molar-refractivity contribution is 6.44. The number of ether oxygens (including phenoxy) is 1. The van der Waals surface area contributed by atoms with Crippen molar-refractivity contribution in [3.05, 3.63) is 35.4 Å². The summed E-state index contributed by atoms with van der Waals surface area (Å²) in [6, 6.07) is 7.37. The van der Waals surface area contributed by atoms with Crippen LogP contribution in [-0.4, -0.2) is 17.1 Å². The Kier molecular flexibility index (Phi) is 4.69. The van der Waals surface area contributed by atoms with E-state index in [0.717, 1.165) is 5.56 Å². The number of aliphatic hydroxyl groups is 1. The van der Waals surface area contributed by atoms with E-state index in [1.54, 1.807) is 13.2 Å². The van der Waals surface area contributed by atoms with Gasteiger partial charge in [0, 0.05) is 7.11 Å². The highest BCUT2D eigenvalue weighted by Gasteiger charge is 2.18. The Balaban J connectivity index is 2.94. The molecule has 2 nitrogen and oxygen atoms in total. The Morgan fingerprint density at radius 3 is 2.57 bits per heavy atom. The number of aliphatic hydroxyl groups excluding tert-OH is 1. The Labute approximate surface area is 93.4 Å². The van der Waals surface area contributed by atoms with Crippen molar-refractivity contribution in [3.63, 3.8) is 0 Å². The topological polar surface area (TPSA) is 29.5 Å². The normalized spacial score (nSPS) is 13.2. The van der Waals surface area contributed by atoms with Crippen molar-refractivity contribution in [3.8, 4) is 0 Å². The van der Waals surface area contributed by atoms with Crippen molar-refractivity contribution in [2.24, 2.45) is 0 Å². The Hall–Kier alpha value is -0.280. The molecule has 1 aromatic carbocycles. The molecular weight excluding hydrogens is 223 g/mol. The van der Waals surface area contributed by atoms with Crippen LogP contribution in [-0.2, 0) is 11.3 Å². The molecule has 14 heavy (non-hydrogen) atoms. The molecule has 1 unspecified atom stereocenters. The van der Waals surface area contributed by atoms with E-state index in [9.17, 15) is 5.11 Å². The number of halogens is 2. The number of alkyl halides is 2. The monoisotopic (exact) mass is 234 g/mol. The molecule has 4 heteroatoms. The molecule has 0 bridgehead atoms. The zero-order chi connectivity index (χ0) is 10.6. The van der Waals surface area contributed by atoms with Crippen LogP contribution in [0.15, 0.2) is 24.3 Å². The number of methoxy groups -OCH3 is 1. The average Bonchev–Trinajstić information content (AvgIpc) is 2.18. The minimum absolute atomic E-state index is 0.438. The van der Waals surface area contributed by atoms with Crippen molar-refractivity contribution in [2.45, 2.75) is 17.5 Å². The summed E-state index contributed by atoms with van der Waals surface area (Å²) in [7, 11) is 1.60. The quantitative estimate of drug-likeness (QED) is 0.813. The summed E-state index contributed by atoms with van der Waals surface area (Å²) in [6.07, 6.45) is -0.871. The van der Waals surface area contributed by atoms with Crippen molar-refractivity contribution < 1.29 is 9.84 Å². The maximum Gasteiger partial charge on any atom is 0.137 e. The summed E-state index contributed by atoms with van der Waals surface area (Å²) in [5.41, 5.74) is 1.61. The predicted molar refractivity (Wildman–Crippen MR) is 57.6 cm³/mol. The van der Waals surface area contributed by atoms with Gasteiger partial charge in [-0.25, -0.2) is 0 Å². The largest absolute Gasteiger partial charge is 0.386 e. The maximum atomic E-state index is 9.69. The molecule has 0 aliphatic heterocycles. The van der Waals surface area contributed by atoms with Gasteiger partial charge in [-0.15, -0.1) is 23.2 Å². The highest BCUT2D eigenvalue weighted by atomic mass is 35.5. The van der Waals surface area contributed by atoms with E-state index in [1.165, 1.54) is 0 Å². The van der Waals surface area contributed by atoms with Gasteiger partial charge < -0.3 is 9.84 Å². The Morgan fingerprint density at radius 2 is 2.00 bits per heavy atom. The van der Waals surface area contributed by atoms with Gasteiger partial charge in [0.2, 0.25) is 0 Å². The minimum Gasteiger partial charge on any atom is -0.386 e. The second-order valence-corrected chi connectivity index (χ2v) is 4.07. The van der Waals surface area contributed by atoms with E-state index in [2.05, 4.69) is 0 Å². The molecule has 1 atom stereocenters. The summed E-state index contributed by atoms with van der Waals surface area (Å²) >= 11 is 11.2. The fourth-order valence-corrected chi connectivity index (χ4v) is 1.52. The lowest BCUT2D eigenvalue weighted by molar-refractivity contribution is 0.168. The predicted octanol–water partition coefficient (Wildman–Crippen LogP) is 2.67. The first-order valence-corrected chi connectivity index (χ1v) is 5.07. The van der Waals surface area contributed by atoms with Gasteiger partial charge in [-0.3, -0.25) is 0 Å². The number of benzene rings is 1. The average molecular weight is 235 g/mol. The van der Waals surface area contributed by atoms with E-state index >= 15 is 0 Å². The number of hydrogen-bond donors (Lipinski definition) is 1. The van der Waals surface area contributed by atoms with E-state index in [-0.39, 0.29) is 0 Å². The molecular formula is C10H12Cl2O2. The van der Waals surface area contributed by atoms with Crippen LogP contribution in [0.1, 0.15) is 17.2 Å². The number of hydrogen-bond acceptors (Lipinski definition) is 2. The summed E-state index contributed by atoms with van der Waals surface area (Å²) < 4.78 is 5.00. The molecule has 1 N–H and O–H groups in total. The fraction of sp³-hybridized carbons (Fsp3) is 0.400. The van der Waals surface area contributed by atoms with Gasteiger partial charge in [-0.05, 0) is 11.1 Å². The van der Waals surface area contributed by atoms with Crippen LogP contribution in [0.5, 0.6) is 0 Å². The zero-order valence-electron chi connectivity index (χ0n) is 7.78. The van der Waals surface area contributed by atoms with Crippen molar-refractivity contribution in [2.75, 3.05) is 7.11 Å². The fourth-order valence-electron chi connectivity index (χ4n) is 1.25. The van der Waals surface area contributed by atoms with Crippen LogP contribution >= 0.6 is 23.2 Å². The third kappa shape index (κ3) is 2.85. The summed E-state index contributed by atoms with van der Waals surface area (Å²) in [4.78, 5) is -0.826. The Bertz CT molecular complexity index is 289. The lowest BCUT2D eigenvalue weighted by Gasteiger charge is -2.15. The zero-order valence-corrected chi connectivity index (χ0v) is 9.29. The summed E-state index contributed by atoms with van der Waals surface area (Å²) in [6.45, 7) is 0.438. The molecule has 0 radical (unpaired) electrons. The lowest BCUT2D eigenvalue weighted by Crippen LogP contribution is -2.09. The smallest absolute Gasteiger partial charge is 0.137 e. The van der Waals surface area contributed by atoms with Crippen LogP contribution in [0, 0.1) is 0 Å². The molecule has 0 saturated carbocycles. The minimum atomic E-state index is -0.871. The highest BCUT2D eigenvalue weighted by Crippen LogP contribution is 2.26. The Morgan fingerprint density at radius 1 is 1.36 bits per heavy atom. The van der Waals surface area contributed by atoms with Gasteiger partial charge in [0.1, 0.15) is 10.9 Å². The standard InChI is InChI=1S/C10H12Cl2O2/c1-14-6-7-4-2-3-5-8(7)9(13)10(11)12/h2-5,9-10,13H,6H2,1H3. The van der Waals surface area contributed by atoms with Crippen molar-refractivity contribution >= 4 is 23.2 Å². The second kappa shape index (κ2) is 5.56. The van der Waals surface area contributed by atoms with Crippen LogP contribution in [0.4, 0.5) is 0 Å². The molecule has 0 aliphatic rings. The molecule has 1 rings (SSSR count). The number of rotatable bonds is 4. The molecule has 0 amide bonds. The third-order valence-corrected chi connectivity index (χ3v) is 2.39. The van der Waals surface area contributed by atoms with E-state index in [4.69, 9.17) is 27.9 Å². The molecule has 78 valence electrons. The first-order chi connectivity index (χ1) is 6.66. The molecule has 0 spiro atoms. The van der Waals surface area contributed by atoms with Crippen molar-refractivity contribution in [1.29, 1.82) is 0 Å². The van der Waals surface area contributed by atoms with Gasteiger partial charge in [0.15, 0.2) is 0 Å². The van der Waals surface area contributed by atoms with Gasteiger partial charge in [-0.1, -0.05) is 24.3 Å². The van der Waals surface area contributed by atoms with E-state index in [1.807, 2.05) is 18.2 Å². The molecule has 0 heterocycles. The molecule has 1 aromatic rings. The van der Waals surface area contributed by atoms with Crippen LogP contribution in [0.3, 0.4) is 0 Å². The maximum absolute atomic E-state index is 9.69. The van der Waals surface area contributed by atoms with Gasteiger partial charge in [0.25, 0.3) is 0 Å². The third-order valence-electron chi connectivity index (χ3n) is 1.91. The summed E-state index contributed by atoms with van der Waals surface area (Å²) in [5.74, 6) is 0. The van der Waals surface area contributed by atoms with Crippen LogP contribution in [0.25, 0.3) is 0 Å². The first-order valence-electron chi connectivity index (χ1n) is 4.19. The lowest BCUT2D eigenvalue weighted by atomic mass is 10.0. The second-order valence-electron chi connectivity index (χ2n) is 2.91. The van der Waals surface area contributed by atoms with Crippen LogP contribution in [0.2, 0.25) is 0 Å².